The van der Waals surface area contributed by atoms with Crippen LogP contribution in [-0.2, 0) is 19.5 Å². The predicted molar refractivity (Wildman–Crippen MR) is 82.2 cm³/mol. The van der Waals surface area contributed by atoms with Crippen molar-refractivity contribution < 1.29 is 13.7 Å². The van der Waals surface area contributed by atoms with Crippen LogP contribution in [0.1, 0.15) is 40.0 Å². The van der Waals surface area contributed by atoms with Gasteiger partial charge in [-0.1, -0.05) is 20.3 Å². The van der Waals surface area contributed by atoms with Gasteiger partial charge in [-0.05, 0) is 25.3 Å². The minimum absolute atomic E-state index is 0.287. The summed E-state index contributed by atoms with van der Waals surface area (Å²) in [5.74, 6) is -0.480. The Morgan fingerprint density at radius 1 is 1.45 bits per heavy atom. The molecule has 0 aromatic rings. The molecule has 110 valence electrons. The lowest BCUT2D eigenvalue weighted by Gasteiger charge is -2.22. The first-order chi connectivity index (χ1) is 9.62. The number of hydrogen-bond donors (Lipinski definition) is 0. The van der Waals surface area contributed by atoms with E-state index in [-0.39, 0.29) is 11.5 Å². The van der Waals surface area contributed by atoms with Crippen LogP contribution in [0.2, 0.25) is 0 Å². The maximum atomic E-state index is 12.4. The normalized spacial score (nSPS) is 17.9. The molecule has 2 heterocycles. The first-order valence-electron chi connectivity index (χ1n) is 6.99. The fourth-order valence-electron chi connectivity index (χ4n) is 2.25. The first kappa shape index (κ1) is 14.8. The van der Waals surface area contributed by atoms with Crippen molar-refractivity contribution in [2.45, 2.75) is 40.0 Å². The minimum Gasteiger partial charge on any atom is -0.462 e. The van der Waals surface area contributed by atoms with Crippen LogP contribution in [0.15, 0.2) is 16.8 Å². The zero-order valence-corrected chi connectivity index (χ0v) is 13.0. The Hall–Kier alpha value is -1.56. The number of carbonyl (C=O) groups is 1. The molecule has 0 saturated heterocycles. The lowest BCUT2D eigenvalue weighted by atomic mass is 10.0. The van der Waals surface area contributed by atoms with Crippen LogP contribution in [0.5, 0.6) is 0 Å². The highest BCUT2D eigenvalue weighted by Crippen LogP contribution is 2.19. The SMILES string of the molecule is CCCC1=NC2=S(=O)=C(C(=O)OCC)CN2C=C1CC. The van der Waals surface area contributed by atoms with Gasteiger partial charge in [0.2, 0.25) is 5.11 Å². The minimum atomic E-state index is -1.50. The van der Waals surface area contributed by atoms with Gasteiger partial charge < -0.3 is 9.64 Å². The number of nitrogens with zero attached hydrogens (tertiary/aromatic N) is 2. The number of aliphatic imine (C=N–C) groups is 1. The molecule has 20 heavy (non-hydrogen) atoms. The van der Waals surface area contributed by atoms with Crippen molar-refractivity contribution >= 4 is 31.6 Å². The van der Waals surface area contributed by atoms with E-state index < -0.39 is 15.9 Å². The quantitative estimate of drug-likeness (QED) is 0.569. The molecule has 2 rings (SSSR count). The fraction of sp³-hybridized carbons (Fsp3) is 0.571. The molecule has 0 atom stereocenters. The van der Waals surface area contributed by atoms with Crippen LogP contribution in [0.25, 0.3) is 0 Å². The van der Waals surface area contributed by atoms with Gasteiger partial charge in [0, 0.05) is 11.9 Å². The van der Waals surface area contributed by atoms with Crippen LogP contribution in [-0.4, -0.2) is 43.9 Å². The van der Waals surface area contributed by atoms with Crippen molar-refractivity contribution in [2.75, 3.05) is 13.2 Å². The molecule has 2 aliphatic rings. The average Bonchev–Trinajstić information content (AvgIpc) is 2.76. The van der Waals surface area contributed by atoms with Crippen molar-refractivity contribution in [2.24, 2.45) is 4.99 Å². The zero-order chi connectivity index (χ0) is 14.7. The summed E-state index contributed by atoms with van der Waals surface area (Å²) in [6, 6.07) is 0. The van der Waals surface area contributed by atoms with Crippen LogP contribution in [0.4, 0.5) is 0 Å². The van der Waals surface area contributed by atoms with E-state index in [9.17, 15) is 9.00 Å². The molecule has 0 aromatic heterocycles. The molecule has 0 aliphatic carbocycles. The lowest BCUT2D eigenvalue weighted by molar-refractivity contribution is -0.134. The van der Waals surface area contributed by atoms with Gasteiger partial charge in [0.05, 0.1) is 23.1 Å². The van der Waals surface area contributed by atoms with Gasteiger partial charge in [0.25, 0.3) is 0 Å². The van der Waals surface area contributed by atoms with E-state index in [0.29, 0.717) is 11.7 Å². The maximum absolute atomic E-state index is 12.4. The molecule has 0 saturated carbocycles. The van der Waals surface area contributed by atoms with Crippen molar-refractivity contribution in [3.05, 3.63) is 11.8 Å². The number of hydrogen-bond acceptors (Lipinski definition) is 5. The number of carbonyl (C=O) groups excluding carboxylic acids is 1. The van der Waals surface area contributed by atoms with Crippen LogP contribution >= 0.6 is 0 Å². The molecule has 0 aromatic carbocycles. The molecule has 0 bridgehead atoms. The highest BCUT2D eigenvalue weighted by molar-refractivity contribution is 7.86. The van der Waals surface area contributed by atoms with Gasteiger partial charge in [0.15, 0.2) is 0 Å². The zero-order valence-electron chi connectivity index (χ0n) is 12.1. The van der Waals surface area contributed by atoms with Crippen LogP contribution in [0.3, 0.4) is 0 Å². The summed E-state index contributed by atoms with van der Waals surface area (Å²) in [5.41, 5.74) is 2.14. The lowest BCUT2D eigenvalue weighted by Crippen LogP contribution is -2.31. The molecule has 6 heteroatoms. The third-order valence-electron chi connectivity index (χ3n) is 3.23. The molecule has 0 N–H and O–H groups in total. The Morgan fingerprint density at radius 2 is 2.20 bits per heavy atom. The van der Waals surface area contributed by atoms with Gasteiger partial charge in [-0.25, -0.2) is 14.0 Å². The molecule has 5 nitrogen and oxygen atoms in total. The summed E-state index contributed by atoms with van der Waals surface area (Å²) in [5, 5.41) is 0.466. The molecular weight excluding hydrogens is 276 g/mol. The van der Waals surface area contributed by atoms with E-state index in [4.69, 9.17) is 4.74 Å². The third-order valence-corrected chi connectivity index (χ3v) is 4.63. The smallest absolute Gasteiger partial charge is 0.348 e. The average molecular weight is 296 g/mol. The number of fused-ring (bicyclic) bond motifs is 1. The first-order valence-corrected chi connectivity index (χ1v) is 8.14. The molecule has 0 unspecified atom stereocenters. The Labute approximate surface area is 120 Å². The van der Waals surface area contributed by atoms with E-state index in [0.717, 1.165) is 30.5 Å². The maximum Gasteiger partial charge on any atom is 0.348 e. The summed E-state index contributed by atoms with van der Waals surface area (Å²) < 4.78 is 17.3. The van der Waals surface area contributed by atoms with Crippen molar-refractivity contribution in [1.82, 2.24) is 4.90 Å². The van der Waals surface area contributed by atoms with E-state index in [1.165, 1.54) is 0 Å². The standard InChI is InChI=1S/C14H20N2O3S/c1-4-7-11-10(5-2)8-16-9-12(13(17)19-6-3)20(18)14(16)15-11/h8H,4-7,9H2,1-3H3. The molecule has 0 spiro atoms. The Morgan fingerprint density at radius 3 is 2.80 bits per heavy atom. The highest BCUT2D eigenvalue weighted by atomic mass is 32.1. The number of esters is 1. The molecule has 2 aliphatic heterocycles. The number of rotatable bonds is 5. The van der Waals surface area contributed by atoms with E-state index >= 15 is 0 Å². The van der Waals surface area contributed by atoms with Crippen LogP contribution in [0, 0.1) is 0 Å². The summed E-state index contributed by atoms with van der Waals surface area (Å²) in [4.78, 5) is 18.4. The van der Waals surface area contributed by atoms with Gasteiger partial charge in [-0.15, -0.1) is 0 Å². The molecule has 0 amide bonds. The summed E-state index contributed by atoms with van der Waals surface area (Å²) in [6.45, 7) is 6.51. The van der Waals surface area contributed by atoms with Gasteiger partial charge in [-0.3, -0.25) is 0 Å². The Bertz CT molecular complexity index is 629. The Balaban J connectivity index is 2.41. The number of ether oxygens (including phenoxy) is 1. The molecule has 0 fully saturated rings. The van der Waals surface area contributed by atoms with Crippen molar-refractivity contribution in [3.8, 4) is 0 Å². The topological polar surface area (TPSA) is 59.0 Å². The highest BCUT2D eigenvalue weighted by Gasteiger charge is 2.29. The second-order valence-electron chi connectivity index (χ2n) is 4.64. The molecule has 0 radical (unpaired) electrons. The van der Waals surface area contributed by atoms with E-state index in [2.05, 4.69) is 18.8 Å². The van der Waals surface area contributed by atoms with E-state index in [1.54, 1.807) is 11.8 Å². The van der Waals surface area contributed by atoms with Gasteiger partial charge in [0.1, 0.15) is 4.86 Å². The monoisotopic (exact) mass is 296 g/mol. The van der Waals surface area contributed by atoms with Crippen molar-refractivity contribution in [1.29, 1.82) is 0 Å². The summed E-state index contributed by atoms with van der Waals surface area (Å²) in [7, 11) is -1.50. The summed E-state index contributed by atoms with van der Waals surface area (Å²) in [6.07, 6.45) is 4.70. The van der Waals surface area contributed by atoms with Gasteiger partial charge >= 0.3 is 5.97 Å². The third kappa shape index (κ3) is 2.65. The second-order valence-corrected chi connectivity index (χ2v) is 6.03. The van der Waals surface area contributed by atoms with E-state index in [1.807, 2.05) is 6.20 Å². The van der Waals surface area contributed by atoms with Crippen LogP contribution < -0.4 is 0 Å². The van der Waals surface area contributed by atoms with Crippen molar-refractivity contribution in [3.63, 3.8) is 0 Å². The summed E-state index contributed by atoms with van der Waals surface area (Å²) >= 11 is 0. The van der Waals surface area contributed by atoms with Gasteiger partial charge in [-0.2, -0.15) is 0 Å². The second kappa shape index (κ2) is 6.26. The molecular formula is C14H20N2O3S. The predicted octanol–water partition coefficient (Wildman–Crippen LogP) is 1.42. The number of allylic oxidation sites excluding steroid dienone is 1. The Kier molecular flexibility index (Phi) is 4.65. The fourth-order valence-corrected chi connectivity index (χ4v) is 3.46. The largest absolute Gasteiger partial charge is 0.462 e.